The van der Waals surface area contributed by atoms with Crippen LogP contribution in [0.1, 0.15) is 94.4 Å². The molecule has 11 nitrogen and oxygen atoms in total. The lowest BCUT2D eigenvalue weighted by molar-refractivity contribution is -0.300. The van der Waals surface area contributed by atoms with Gasteiger partial charge < -0.3 is 38.6 Å². The number of likely N-dealkylation sites (N-methyl/N-ethyl adjacent to an activating group) is 1. The summed E-state index contributed by atoms with van der Waals surface area (Å²) >= 11 is 0. The highest BCUT2D eigenvalue weighted by molar-refractivity contribution is 6.04. The van der Waals surface area contributed by atoms with Crippen LogP contribution < -0.4 is 0 Å². The lowest BCUT2D eigenvalue weighted by atomic mass is 9.70. The average Bonchev–Trinajstić information content (AvgIpc) is 3.30. The molecule has 0 spiro atoms. The van der Waals surface area contributed by atoms with Gasteiger partial charge in [-0.1, -0.05) is 27.7 Å². The molecule has 5 aliphatic rings. The fourth-order valence-electron chi connectivity index (χ4n) is 8.86. The Labute approximate surface area is 275 Å². The van der Waals surface area contributed by atoms with Crippen molar-refractivity contribution in [3.8, 4) is 0 Å². The average molecular weight is 653 g/mol. The zero-order valence-corrected chi connectivity index (χ0v) is 30.0. The van der Waals surface area contributed by atoms with Gasteiger partial charge in [0.25, 0.3) is 0 Å². The van der Waals surface area contributed by atoms with Crippen molar-refractivity contribution in [3.63, 3.8) is 0 Å². The second-order valence-corrected chi connectivity index (χ2v) is 15.4. The predicted octanol–water partition coefficient (Wildman–Crippen LogP) is 3.58. The summed E-state index contributed by atoms with van der Waals surface area (Å²) in [4.78, 5) is 45.9. The fraction of sp³-hybridized carbons (Fsp3) is 0.914. The molecule has 5 saturated heterocycles. The monoisotopic (exact) mass is 652 g/mol. The molecule has 0 amide bonds. The molecule has 5 heterocycles. The number of aliphatic hydroxyl groups excluding tert-OH is 1. The Morgan fingerprint density at radius 1 is 1.07 bits per heavy atom. The van der Waals surface area contributed by atoms with E-state index in [9.17, 15) is 19.5 Å². The highest BCUT2D eigenvalue weighted by Crippen LogP contribution is 2.46. The topological polar surface area (TPSA) is 124 Å². The van der Waals surface area contributed by atoms with Gasteiger partial charge in [0, 0.05) is 37.1 Å². The summed E-state index contributed by atoms with van der Waals surface area (Å²) in [7, 11) is 3.84. The van der Waals surface area contributed by atoms with Gasteiger partial charge in [-0.05, 0) is 86.9 Å². The summed E-state index contributed by atoms with van der Waals surface area (Å²) in [5.74, 6) is -2.15. The molecule has 5 aliphatic heterocycles. The normalized spacial score (nSPS) is 46.7. The zero-order valence-electron chi connectivity index (χ0n) is 30.0. The summed E-state index contributed by atoms with van der Waals surface area (Å²) in [6, 6.07) is -0.241. The van der Waals surface area contributed by atoms with E-state index in [1.165, 1.54) is 0 Å². The maximum absolute atomic E-state index is 14.6. The number of nitrogens with zero attached hydrogens (tertiary/aromatic N) is 2. The second kappa shape index (κ2) is 14.1. The van der Waals surface area contributed by atoms with Crippen molar-refractivity contribution in [1.82, 2.24) is 9.80 Å². The van der Waals surface area contributed by atoms with Crippen LogP contribution >= 0.6 is 0 Å². The van der Waals surface area contributed by atoms with E-state index in [-0.39, 0.29) is 61.2 Å². The minimum Gasteiger partial charge on any atom is -0.457 e. The predicted molar refractivity (Wildman–Crippen MR) is 172 cm³/mol. The van der Waals surface area contributed by atoms with E-state index in [0.717, 1.165) is 6.54 Å². The Balaban J connectivity index is 1.80. The minimum absolute atomic E-state index is 0.0479. The molecule has 0 aromatic heterocycles. The van der Waals surface area contributed by atoms with E-state index in [1.807, 2.05) is 46.7 Å². The highest BCUT2D eigenvalue weighted by atomic mass is 16.7. The third-order valence-corrected chi connectivity index (χ3v) is 11.6. The molecule has 0 aromatic rings. The lowest BCUT2D eigenvalue weighted by Crippen LogP contribution is -2.61. The Kier molecular flexibility index (Phi) is 11.4. The molecule has 46 heavy (non-hydrogen) atoms. The Morgan fingerprint density at radius 2 is 1.74 bits per heavy atom. The standard InChI is InChI=1S/C35H60N2O9/c1-12-26-35(9)24(17-27(38)46-35)23(6)37(13-2)19-20(3)18-34(8)30(45-31-28(39)25(36(10)11)16-21(4)43-31)22(5)29(40)33(7,14-15-42-34)32(41)44-26/h20-26,28,30-31,39H,12-19H2,1-11H3/t20-,21?,22+,23-,24-,25?,26-,28?,30-,31+,33+,34+,35+/m1/s1. The van der Waals surface area contributed by atoms with E-state index in [1.54, 1.807) is 13.8 Å². The van der Waals surface area contributed by atoms with Crippen molar-refractivity contribution < 1.29 is 43.2 Å². The van der Waals surface area contributed by atoms with Gasteiger partial charge in [0.05, 0.1) is 24.2 Å². The van der Waals surface area contributed by atoms with E-state index in [2.05, 4.69) is 25.7 Å². The van der Waals surface area contributed by atoms with Crippen LogP contribution in [0.3, 0.4) is 0 Å². The van der Waals surface area contributed by atoms with Crippen LogP contribution in [0.4, 0.5) is 0 Å². The number of Topliss-reactive ketones (excluding diaryl/α,β-unsaturated/α-hetero) is 1. The van der Waals surface area contributed by atoms with Crippen molar-refractivity contribution in [1.29, 1.82) is 0 Å². The summed E-state index contributed by atoms with van der Waals surface area (Å²) in [6.45, 7) is 19.1. The van der Waals surface area contributed by atoms with Gasteiger partial charge in [0.1, 0.15) is 17.6 Å². The summed E-state index contributed by atoms with van der Waals surface area (Å²) in [5.41, 5.74) is -3.51. The number of rotatable bonds is 5. The molecule has 0 saturated carbocycles. The first kappa shape index (κ1) is 37.2. The molecule has 1 N–H and O–H groups in total. The maximum Gasteiger partial charge on any atom is 0.319 e. The molecule has 3 unspecified atom stereocenters. The van der Waals surface area contributed by atoms with Crippen molar-refractivity contribution in [2.75, 3.05) is 33.8 Å². The fourth-order valence-corrected chi connectivity index (χ4v) is 8.86. The van der Waals surface area contributed by atoms with Crippen molar-refractivity contribution >= 4 is 17.7 Å². The van der Waals surface area contributed by atoms with Crippen LogP contribution in [-0.4, -0.2) is 120 Å². The molecule has 0 radical (unpaired) electrons. The number of ketones is 1. The molecule has 0 aromatic carbocycles. The number of hydrogen-bond donors (Lipinski definition) is 1. The van der Waals surface area contributed by atoms with Crippen LogP contribution in [0.25, 0.3) is 0 Å². The van der Waals surface area contributed by atoms with Gasteiger partial charge in [-0.15, -0.1) is 0 Å². The van der Waals surface area contributed by atoms with E-state index < -0.39 is 53.1 Å². The summed E-state index contributed by atoms with van der Waals surface area (Å²) < 4.78 is 31.9. The van der Waals surface area contributed by atoms with Gasteiger partial charge >= 0.3 is 11.9 Å². The lowest BCUT2D eigenvalue weighted by Gasteiger charge is -2.49. The van der Waals surface area contributed by atoms with Crippen LogP contribution in [0, 0.1) is 23.2 Å². The highest BCUT2D eigenvalue weighted by Gasteiger charge is 2.59. The smallest absolute Gasteiger partial charge is 0.319 e. The van der Waals surface area contributed by atoms with Crippen molar-refractivity contribution in [3.05, 3.63) is 0 Å². The van der Waals surface area contributed by atoms with Crippen molar-refractivity contribution in [2.45, 2.75) is 148 Å². The number of hydrogen-bond acceptors (Lipinski definition) is 11. The Morgan fingerprint density at radius 3 is 2.35 bits per heavy atom. The molecule has 5 fully saturated rings. The first-order valence-electron chi connectivity index (χ1n) is 17.4. The first-order valence-corrected chi connectivity index (χ1v) is 17.4. The van der Waals surface area contributed by atoms with Gasteiger partial charge in [0.15, 0.2) is 17.7 Å². The molecule has 264 valence electrons. The molecular formula is C35H60N2O9. The number of esters is 2. The third kappa shape index (κ3) is 6.92. The number of ether oxygens (including phenoxy) is 5. The Bertz CT molecular complexity index is 1120. The first-order chi connectivity index (χ1) is 21.4. The molecule has 0 aliphatic carbocycles. The number of carbonyl (C=O) groups excluding carboxylic acids is 3. The van der Waals surface area contributed by atoms with Gasteiger partial charge in [-0.25, -0.2) is 0 Å². The molecule has 2 bridgehead atoms. The quantitative estimate of drug-likeness (QED) is 0.346. The minimum atomic E-state index is -1.53. The van der Waals surface area contributed by atoms with Gasteiger partial charge in [-0.2, -0.15) is 0 Å². The molecule has 13 atom stereocenters. The van der Waals surface area contributed by atoms with E-state index in [4.69, 9.17) is 23.7 Å². The third-order valence-electron chi connectivity index (χ3n) is 11.6. The van der Waals surface area contributed by atoms with Crippen LogP contribution in [-0.2, 0) is 38.1 Å². The summed E-state index contributed by atoms with van der Waals surface area (Å²) in [6.07, 6.45) is -1.67. The van der Waals surface area contributed by atoms with E-state index >= 15 is 0 Å². The molecule has 11 heteroatoms. The zero-order chi connectivity index (χ0) is 34.4. The SMILES string of the molecule is CC[C@H]1OC(=O)[C@@]2(C)CCO[C@@](C)(C[C@@H](C)CN(CC)[C@H](C)[C@H]3CC(=O)O[C@@]31C)[C@H](O[C@@H]1OC(C)CC(N(C)C)C1O)[C@@H](C)C2=O. The van der Waals surface area contributed by atoms with Crippen LogP contribution in [0.2, 0.25) is 0 Å². The van der Waals surface area contributed by atoms with Gasteiger partial charge in [-0.3, -0.25) is 14.4 Å². The molecule has 5 rings (SSSR count). The molecular weight excluding hydrogens is 592 g/mol. The number of carbonyl (C=O) groups is 3. The van der Waals surface area contributed by atoms with Crippen molar-refractivity contribution in [2.24, 2.45) is 23.2 Å². The van der Waals surface area contributed by atoms with E-state index in [0.29, 0.717) is 25.8 Å². The van der Waals surface area contributed by atoms with Crippen LogP contribution in [0.5, 0.6) is 0 Å². The largest absolute Gasteiger partial charge is 0.457 e. The number of aliphatic hydroxyl groups is 1. The van der Waals surface area contributed by atoms with Crippen LogP contribution in [0.15, 0.2) is 0 Å². The van der Waals surface area contributed by atoms with Gasteiger partial charge in [0.2, 0.25) is 0 Å². The maximum atomic E-state index is 14.6. The second-order valence-electron chi connectivity index (χ2n) is 15.4. The Hall–Kier alpha value is -1.63. The summed E-state index contributed by atoms with van der Waals surface area (Å²) in [5, 5.41) is 11.4. The number of fused-ring (bicyclic) bond motifs is 10.